The van der Waals surface area contributed by atoms with E-state index >= 15 is 0 Å². The van der Waals surface area contributed by atoms with Crippen molar-refractivity contribution in [2.24, 2.45) is 0 Å². The fourth-order valence-corrected chi connectivity index (χ4v) is 11.8. The number of hydrogen-bond donors (Lipinski definition) is 3. The van der Waals surface area contributed by atoms with Gasteiger partial charge >= 0.3 is 5.97 Å². The van der Waals surface area contributed by atoms with Gasteiger partial charge in [-0.05, 0) is 32.1 Å². The normalized spacial score (nSPS) is 12.5. The summed E-state index contributed by atoms with van der Waals surface area (Å²) in [5.41, 5.74) is 0. The minimum atomic E-state index is -0.842. The van der Waals surface area contributed by atoms with Gasteiger partial charge in [-0.15, -0.1) is 0 Å². The molecule has 0 fully saturated rings. The van der Waals surface area contributed by atoms with E-state index in [0.717, 1.165) is 38.5 Å². The molecule has 0 aliphatic carbocycles. The lowest BCUT2D eigenvalue weighted by atomic mass is 10.0. The van der Waals surface area contributed by atoms with Gasteiger partial charge in [0.15, 0.2) is 0 Å². The number of carbonyl (C=O) groups excluding carboxylic acids is 2. The third-order valence-electron chi connectivity index (χ3n) is 17.3. The Balaban J connectivity index is 3.34. The molecular weight excluding hydrogens is 971 g/mol. The van der Waals surface area contributed by atoms with E-state index < -0.39 is 12.1 Å². The van der Waals surface area contributed by atoms with Crippen LogP contribution in [0.4, 0.5) is 0 Å². The number of nitrogens with one attached hydrogen (secondary N) is 1. The molecule has 0 saturated heterocycles. The van der Waals surface area contributed by atoms with Crippen molar-refractivity contribution in [3.63, 3.8) is 0 Å². The van der Waals surface area contributed by atoms with Gasteiger partial charge < -0.3 is 20.3 Å². The van der Waals surface area contributed by atoms with Crippen molar-refractivity contribution in [3.8, 4) is 0 Å². The van der Waals surface area contributed by atoms with Gasteiger partial charge in [-0.1, -0.05) is 386 Å². The summed E-state index contributed by atoms with van der Waals surface area (Å²) in [4.78, 5) is 24.6. The van der Waals surface area contributed by atoms with Crippen LogP contribution in [0.1, 0.15) is 418 Å². The minimum absolute atomic E-state index is 0.0232. The average molecular weight is 1110 g/mol. The lowest BCUT2D eigenvalue weighted by Gasteiger charge is -2.20. The molecule has 0 aromatic rings. The van der Waals surface area contributed by atoms with Crippen LogP contribution in [0.2, 0.25) is 0 Å². The maximum atomic E-state index is 12.5. The number of hydrogen-bond acceptors (Lipinski definition) is 5. The van der Waals surface area contributed by atoms with Gasteiger partial charge in [0.25, 0.3) is 0 Å². The molecule has 2 atom stereocenters. The third-order valence-corrected chi connectivity index (χ3v) is 17.3. The summed E-state index contributed by atoms with van der Waals surface area (Å²) in [6, 6.07) is -0.625. The molecule has 0 aliphatic heterocycles. The van der Waals surface area contributed by atoms with Gasteiger partial charge in [-0.25, -0.2) is 0 Å². The second-order valence-corrected chi connectivity index (χ2v) is 25.3. The van der Waals surface area contributed by atoms with Gasteiger partial charge in [0.1, 0.15) is 0 Å². The van der Waals surface area contributed by atoms with E-state index in [2.05, 4.69) is 19.2 Å². The van der Waals surface area contributed by atoms with E-state index in [1.807, 2.05) is 6.08 Å². The molecule has 79 heavy (non-hydrogen) atoms. The molecule has 0 spiro atoms. The van der Waals surface area contributed by atoms with Crippen molar-refractivity contribution in [2.45, 2.75) is 431 Å². The molecule has 0 aromatic heterocycles. The Labute approximate surface area is 495 Å². The SMILES string of the molecule is CCCCCCCCCCCCCCCCC/C=C/C(O)C(CO)NC(=O)CCCCCCCCCCCCCCCCCCCCCCCCCCCCCOC(=O)CCCCCCCCCCCCCCCCCCCC. The monoisotopic (exact) mass is 1110 g/mol. The van der Waals surface area contributed by atoms with Crippen LogP contribution >= 0.6 is 0 Å². The topological polar surface area (TPSA) is 95.9 Å². The molecular formula is C73H143NO5. The number of aliphatic hydroxyl groups excluding tert-OH is 2. The summed E-state index contributed by atoms with van der Waals surface area (Å²) in [6.45, 7) is 4.96. The summed E-state index contributed by atoms with van der Waals surface area (Å²) in [5.74, 6) is -0.0382. The fraction of sp³-hybridized carbons (Fsp3) is 0.945. The zero-order valence-electron chi connectivity index (χ0n) is 53.9. The first kappa shape index (κ1) is 77.6. The number of unbranched alkanes of at least 4 members (excludes halogenated alkanes) is 58. The first-order chi connectivity index (χ1) is 39.0. The number of allylic oxidation sites excluding steroid dienone is 1. The first-order valence-corrected chi connectivity index (χ1v) is 36.5. The predicted molar refractivity (Wildman–Crippen MR) is 347 cm³/mol. The molecule has 3 N–H and O–H groups in total. The van der Waals surface area contributed by atoms with E-state index in [9.17, 15) is 19.8 Å². The van der Waals surface area contributed by atoms with Crippen molar-refractivity contribution in [1.29, 1.82) is 0 Å². The highest BCUT2D eigenvalue weighted by atomic mass is 16.5. The Hall–Kier alpha value is -1.40. The number of rotatable bonds is 69. The molecule has 0 saturated carbocycles. The quantitative estimate of drug-likeness (QED) is 0.0320. The highest BCUT2D eigenvalue weighted by Crippen LogP contribution is 2.19. The number of ether oxygens (including phenoxy) is 1. The Morgan fingerprint density at radius 1 is 0.342 bits per heavy atom. The molecule has 0 bridgehead atoms. The molecule has 6 nitrogen and oxygen atoms in total. The van der Waals surface area contributed by atoms with Crippen LogP contribution in [0.5, 0.6) is 0 Å². The van der Waals surface area contributed by atoms with Gasteiger partial charge in [0.05, 0.1) is 25.4 Å². The zero-order chi connectivity index (χ0) is 57.1. The maximum absolute atomic E-state index is 12.5. The molecule has 1 amide bonds. The van der Waals surface area contributed by atoms with Crippen LogP contribution < -0.4 is 5.32 Å². The first-order valence-electron chi connectivity index (χ1n) is 36.5. The van der Waals surface area contributed by atoms with Gasteiger partial charge in [0, 0.05) is 12.8 Å². The number of esters is 1. The fourth-order valence-electron chi connectivity index (χ4n) is 11.8. The van der Waals surface area contributed by atoms with Crippen molar-refractivity contribution in [1.82, 2.24) is 5.32 Å². The van der Waals surface area contributed by atoms with Crippen molar-refractivity contribution in [3.05, 3.63) is 12.2 Å². The predicted octanol–water partition coefficient (Wildman–Crippen LogP) is 23.5. The molecule has 0 radical (unpaired) electrons. The lowest BCUT2D eigenvalue weighted by Crippen LogP contribution is -2.45. The van der Waals surface area contributed by atoms with Crippen LogP contribution in [0.15, 0.2) is 12.2 Å². The van der Waals surface area contributed by atoms with E-state index in [-0.39, 0.29) is 18.5 Å². The third kappa shape index (κ3) is 65.6. The van der Waals surface area contributed by atoms with Crippen molar-refractivity contribution in [2.75, 3.05) is 13.2 Å². The summed E-state index contributed by atoms with van der Waals surface area (Å²) in [7, 11) is 0. The van der Waals surface area contributed by atoms with Gasteiger partial charge in [-0.3, -0.25) is 9.59 Å². The summed E-state index contributed by atoms with van der Waals surface area (Å²) in [6.07, 6.45) is 85.9. The highest BCUT2D eigenvalue weighted by Gasteiger charge is 2.18. The van der Waals surface area contributed by atoms with E-state index in [4.69, 9.17) is 4.74 Å². The number of amides is 1. The van der Waals surface area contributed by atoms with E-state index in [1.165, 1.54) is 353 Å². The Morgan fingerprint density at radius 2 is 0.582 bits per heavy atom. The highest BCUT2D eigenvalue weighted by molar-refractivity contribution is 5.76. The van der Waals surface area contributed by atoms with Crippen LogP contribution in [0.25, 0.3) is 0 Å². The lowest BCUT2D eigenvalue weighted by molar-refractivity contribution is -0.143. The average Bonchev–Trinajstić information content (AvgIpc) is 3.45. The largest absolute Gasteiger partial charge is 0.466 e. The Bertz CT molecular complexity index is 1190. The maximum Gasteiger partial charge on any atom is 0.305 e. The molecule has 6 heteroatoms. The minimum Gasteiger partial charge on any atom is -0.466 e. The summed E-state index contributed by atoms with van der Waals surface area (Å²) >= 11 is 0. The summed E-state index contributed by atoms with van der Waals surface area (Å²) in [5, 5.41) is 23.2. The molecule has 0 aliphatic rings. The number of carbonyl (C=O) groups is 2. The second-order valence-electron chi connectivity index (χ2n) is 25.3. The van der Waals surface area contributed by atoms with Gasteiger partial charge in [-0.2, -0.15) is 0 Å². The standard InChI is InChI=1S/C73H143NO5/c1-3-5-7-9-11-13-15-17-19-21-35-39-43-47-51-55-59-63-67-73(78)79-68-64-60-56-52-48-44-40-36-32-30-28-26-24-22-23-25-27-29-31-34-38-42-46-50-54-58-62-66-72(77)74-70(69-75)71(76)65-61-57-53-49-45-41-37-33-20-18-16-14-12-10-8-6-4-2/h61,65,70-71,75-76H,3-60,62-64,66-69H2,1-2H3,(H,74,77)/b65-61+. The van der Waals surface area contributed by atoms with E-state index in [0.29, 0.717) is 19.4 Å². The second kappa shape index (κ2) is 69.1. The molecule has 0 rings (SSSR count). The van der Waals surface area contributed by atoms with Crippen LogP contribution in [0.3, 0.4) is 0 Å². The van der Waals surface area contributed by atoms with Gasteiger partial charge in [0.2, 0.25) is 5.91 Å². The molecule has 470 valence electrons. The van der Waals surface area contributed by atoms with Crippen molar-refractivity contribution >= 4 is 11.9 Å². The molecule has 0 aromatic carbocycles. The number of aliphatic hydroxyl groups is 2. The van der Waals surface area contributed by atoms with Crippen molar-refractivity contribution < 1.29 is 24.5 Å². The van der Waals surface area contributed by atoms with E-state index in [1.54, 1.807) is 6.08 Å². The van der Waals surface area contributed by atoms with Crippen LogP contribution in [0, 0.1) is 0 Å². The zero-order valence-corrected chi connectivity index (χ0v) is 53.9. The Kier molecular flexibility index (Phi) is 67.9. The molecule has 0 heterocycles. The van der Waals surface area contributed by atoms with Crippen LogP contribution in [-0.2, 0) is 14.3 Å². The summed E-state index contributed by atoms with van der Waals surface area (Å²) < 4.78 is 5.51. The van der Waals surface area contributed by atoms with Crippen LogP contribution in [-0.4, -0.2) is 47.4 Å². The Morgan fingerprint density at radius 3 is 0.861 bits per heavy atom. The molecule has 2 unspecified atom stereocenters. The smallest absolute Gasteiger partial charge is 0.305 e.